The van der Waals surface area contributed by atoms with Crippen LogP contribution < -0.4 is 16.4 Å². The van der Waals surface area contributed by atoms with E-state index in [1.807, 2.05) is 60.7 Å². The van der Waals surface area contributed by atoms with E-state index in [0.29, 0.717) is 5.56 Å². The molecule has 192 valence electrons. The lowest BCUT2D eigenvalue weighted by Crippen LogP contribution is -2.61. The second-order valence-corrected chi connectivity index (χ2v) is 8.34. The Hall–Kier alpha value is -4.57. The number of esters is 1. The molecule has 0 heterocycles. The van der Waals surface area contributed by atoms with Gasteiger partial charge in [-0.3, -0.25) is 19.7 Å². The number of nitro benzene ring substituents is 1. The minimum Gasteiger partial charge on any atom is -0.459 e. The number of benzene rings is 3. The summed E-state index contributed by atoms with van der Waals surface area (Å²) in [5, 5.41) is 16.3. The highest BCUT2D eigenvalue weighted by Gasteiger charge is 2.28. The predicted molar refractivity (Wildman–Crippen MR) is 135 cm³/mol. The van der Waals surface area contributed by atoms with E-state index in [-0.39, 0.29) is 31.7 Å². The molecule has 2 amide bonds. The van der Waals surface area contributed by atoms with Gasteiger partial charge < -0.3 is 21.1 Å². The summed E-state index contributed by atoms with van der Waals surface area (Å²) in [4.78, 5) is 48.7. The Morgan fingerprint density at radius 2 is 1.32 bits per heavy atom. The van der Waals surface area contributed by atoms with Gasteiger partial charge in [0.05, 0.1) is 4.92 Å². The normalized spacial score (nSPS) is 12.1. The number of hydrogen-bond donors (Lipinski definition) is 3. The predicted octanol–water partition coefficient (Wildman–Crippen LogP) is 1.33. The maximum Gasteiger partial charge on any atom is 0.329 e. The first kappa shape index (κ1) is 27.0. The quantitative estimate of drug-likeness (QED) is 0.192. The second kappa shape index (κ2) is 13.5. The van der Waals surface area contributed by atoms with Crippen LogP contribution in [0.2, 0.25) is 0 Å². The van der Waals surface area contributed by atoms with Crippen molar-refractivity contribution in [3.05, 3.63) is 112 Å². The van der Waals surface area contributed by atoms with E-state index in [0.717, 1.165) is 11.1 Å². The van der Waals surface area contributed by atoms with Crippen molar-refractivity contribution < 1.29 is 29.8 Å². The van der Waals surface area contributed by atoms with Crippen LogP contribution in [-0.2, 0) is 38.6 Å². The van der Waals surface area contributed by atoms with Crippen LogP contribution in [0, 0.1) is 10.1 Å². The summed E-state index contributed by atoms with van der Waals surface area (Å²) < 4.78 is 5.44. The molecule has 0 unspecified atom stereocenters. The number of non-ortho nitro benzene ring substituents is 1. The summed E-state index contributed by atoms with van der Waals surface area (Å²) >= 11 is 0. The fourth-order valence-corrected chi connectivity index (χ4v) is 3.61. The maximum absolute atomic E-state index is 13.3. The number of carbonyl (C=O) groups excluding carboxylic acids is 3. The lowest BCUT2D eigenvalue weighted by Gasteiger charge is -2.23. The minimum atomic E-state index is -1.03. The summed E-state index contributed by atoms with van der Waals surface area (Å²) in [6, 6.07) is 22.1. The third-order valence-electron chi connectivity index (χ3n) is 5.57. The molecule has 10 heteroatoms. The number of nitrogens with one attached hydrogen (secondary N) is 2. The lowest BCUT2D eigenvalue weighted by atomic mass is 10.0. The van der Waals surface area contributed by atoms with E-state index in [9.17, 15) is 24.5 Å². The lowest BCUT2D eigenvalue weighted by molar-refractivity contribution is -0.384. The largest absolute Gasteiger partial charge is 0.459 e. The van der Waals surface area contributed by atoms with E-state index in [2.05, 4.69) is 16.4 Å². The highest BCUT2D eigenvalue weighted by Crippen LogP contribution is 2.14. The minimum absolute atomic E-state index is 0.0384. The van der Waals surface area contributed by atoms with Crippen LogP contribution >= 0.6 is 0 Å². The van der Waals surface area contributed by atoms with Crippen LogP contribution in [0.5, 0.6) is 0 Å². The van der Waals surface area contributed by atoms with Crippen LogP contribution in [0.25, 0.3) is 0 Å². The Morgan fingerprint density at radius 3 is 1.84 bits per heavy atom. The average molecular weight is 506 g/mol. The van der Waals surface area contributed by atoms with Gasteiger partial charge in [0.2, 0.25) is 5.91 Å². The standard InChI is InChI=1S/C27H28N4O6/c28-17-25(32)29-23(15-19-7-3-1-4-8-19)26(33)30-24(16-20-9-5-2-6-10-20)27(34)37-18-21-11-13-22(14-12-21)31(35)36/h1-14,23-24H,15-18,28H2,(H,29,32)(H,30,33)/p+1/t23-,24+/m1/s1. The van der Waals surface area contributed by atoms with Gasteiger partial charge in [-0.1, -0.05) is 60.7 Å². The molecule has 0 radical (unpaired) electrons. The monoisotopic (exact) mass is 505 g/mol. The van der Waals surface area contributed by atoms with Crippen LogP contribution in [0.15, 0.2) is 84.9 Å². The van der Waals surface area contributed by atoms with Gasteiger partial charge in [-0.15, -0.1) is 0 Å². The van der Waals surface area contributed by atoms with E-state index >= 15 is 0 Å². The molecule has 0 bridgehead atoms. The van der Waals surface area contributed by atoms with Gasteiger partial charge in [-0.2, -0.15) is 0 Å². The number of rotatable bonds is 12. The summed E-state index contributed by atoms with van der Waals surface area (Å²) in [6.45, 7) is -0.160. The molecule has 3 rings (SSSR count). The first-order valence-electron chi connectivity index (χ1n) is 11.7. The molecule has 3 aromatic rings. The van der Waals surface area contributed by atoms with Gasteiger partial charge in [-0.25, -0.2) is 4.79 Å². The Balaban J connectivity index is 1.74. The highest BCUT2D eigenvalue weighted by atomic mass is 16.6. The van der Waals surface area contributed by atoms with Gasteiger partial charge in [0.25, 0.3) is 11.6 Å². The zero-order valence-corrected chi connectivity index (χ0v) is 20.2. The second-order valence-electron chi connectivity index (χ2n) is 8.34. The number of quaternary nitrogens is 1. The van der Waals surface area contributed by atoms with Crippen molar-refractivity contribution in [1.29, 1.82) is 0 Å². The fourth-order valence-electron chi connectivity index (χ4n) is 3.61. The van der Waals surface area contributed by atoms with Gasteiger partial charge in [0, 0.05) is 25.0 Å². The Bertz CT molecular complexity index is 1200. The number of amides is 2. The van der Waals surface area contributed by atoms with Crippen LogP contribution in [0.4, 0.5) is 5.69 Å². The summed E-state index contributed by atoms with van der Waals surface area (Å²) in [5.74, 6) is -1.59. The molecular weight excluding hydrogens is 476 g/mol. The van der Waals surface area contributed by atoms with Gasteiger partial charge >= 0.3 is 5.97 Å². The summed E-state index contributed by atoms with van der Waals surface area (Å²) in [7, 11) is 0. The van der Waals surface area contributed by atoms with Crippen molar-refractivity contribution in [3.63, 3.8) is 0 Å². The van der Waals surface area contributed by atoms with Crippen LogP contribution in [0.1, 0.15) is 16.7 Å². The van der Waals surface area contributed by atoms with Crippen molar-refractivity contribution in [3.8, 4) is 0 Å². The third kappa shape index (κ3) is 8.55. The van der Waals surface area contributed by atoms with Crippen LogP contribution in [0.3, 0.4) is 0 Å². The van der Waals surface area contributed by atoms with E-state index in [1.54, 1.807) is 0 Å². The molecule has 0 spiro atoms. The van der Waals surface area contributed by atoms with Gasteiger partial charge in [-0.05, 0) is 28.8 Å². The van der Waals surface area contributed by atoms with Crippen molar-refractivity contribution in [2.24, 2.45) is 0 Å². The smallest absolute Gasteiger partial charge is 0.329 e. The zero-order chi connectivity index (χ0) is 26.6. The number of carbonyl (C=O) groups is 3. The summed E-state index contributed by atoms with van der Waals surface area (Å²) in [6.07, 6.45) is 0.404. The molecule has 0 saturated heterocycles. The van der Waals surface area contributed by atoms with Gasteiger partial charge in [0.15, 0.2) is 6.54 Å². The topological polar surface area (TPSA) is 155 Å². The van der Waals surface area contributed by atoms with Crippen molar-refractivity contribution in [2.45, 2.75) is 31.5 Å². The number of nitro groups is 1. The SMILES string of the molecule is [NH3+]CC(=O)N[C@H](Cc1ccccc1)C(=O)N[C@@H](Cc1ccccc1)C(=O)OCc1ccc([N+](=O)[O-])cc1. The number of nitrogens with zero attached hydrogens (tertiary/aromatic N) is 1. The number of ether oxygens (including phenoxy) is 1. The molecule has 2 atom stereocenters. The van der Waals surface area contributed by atoms with Gasteiger partial charge in [0.1, 0.15) is 18.7 Å². The molecule has 5 N–H and O–H groups in total. The number of hydrogen-bond acceptors (Lipinski definition) is 6. The Morgan fingerprint density at radius 1 is 0.784 bits per heavy atom. The Kier molecular flexibility index (Phi) is 9.86. The molecule has 37 heavy (non-hydrogen) atoms. The molecule has 0 aromatic heterocycles. The highest BCUT2D eigenvalue weighted by molar-refractivity contribution is 5.91. The van der Waals surface area contributed by atoms with E-state index in [1.165, 1.54) is 24.3 Å². The van der Waals surface area contributed by atoms with E-state index in [4.69, 9.17) is 4.74 Å². The average Bonchev–Trinajstić information content (AvgIpc) is 2.92. The first-order chi connectivity index (χ1) is 17.9. The summed E-state index contributed by atoms with van der Waals surface area (Å²) in [5.41, 5.74) is 5.70. The molecule has 3 aromatic carbocycles. The Labute approximate surface area is 214 Å². The van der Waals surface area contributed by atoms with E-state index < -0.39 is 34.8 Å². The molecular formula is C27H29N4O6+. The fraction of sp³-hybridized carbons (Fsp3) is 0.222. The maximum atomic E-state index is 13.3. The van der Waals surface area contributed by atoms with Crippen LogP contribution in [-0.4, -0.2) is 41.3 Å². The van der Waals surface area contributed by atoms with Crippen molar-refractivity contribution in [2.75, 3.05) is 6.54 Å². The molecule has 0 aliphatic carbocycles. The molecule has 10 nitrogen and oxygen atoms in total. The van der Waals surface area contributed by atoms with Crippen molar-refractivity contribution >= 4 is 23.5 Å². The van der Waals surface area contributed by atoms with Crippen molar-refractivity contribution in [1.82, 2.24) is 10.6 Å². The molecule has 0 aliphatic heterocycles. The molecule has 0 fully saturated rings. The molecule has 0 aliphatic rings. The molecule has 0 saturated carbocycles. The zero-order valence-electron chi connectivity index (χ0n) is 20.2. The first-order valence-corrected chi connectivity index (χ1v) is 11.7. The third-order valence-corrected chi connectivity index (χ3v) is 5.57.